The Morgan fingerprint density at radius 1 is 1.28 bits per heavy atom. The summed E-state index contributed by atoms with van der Waals surface area (Å²) >= 11 is 21.6. The zero-order valence-corrected chi connectivity index (χ0v) is 11.3. The van der Waals surface area contributed by atoms with E-state index in [1.54, 1.807) is 0 Å². The summed E-state index contributed by atoms with van der Waals surface area (Å²) in [6.45, 7) is 0. The molecule has 0 amide bonds. The molecule has 10 heteroatoms. The molecule has 0 aliphatic carbocycles. The van der Waals surface area contributed by atoms with Crippen LogP contribution in [0.25, 0.3) is 0 Å². The fraction of sp³-hybridized carbons (Fsp3) is 0.125. The highest BCUT2D eigenvalue weighted by molar-refractivity contribution is 7.80. The van der Waals surface area contributed by atoms with Crippen molar-refractivity contribution in [2.75, 3.05) is 5.32 Å². The minimum Gasteiger partial charge on any atom is -0.404 e. The first-order valence-corrected chi connectivity index (χ1v) is 5.65. The molecule has 0 fully saturated rings. The average Bonchev–Trinajstić information content (AvgIpc) is 2.18. The number of anilines is 1. The molecule has 0 aliphatic heterocycles. The lowest BCUT2D eigenvalue weighted by Crippen LogP contribution is -2.20. The van der Waals surface area contributed by atoms with Crippen LogP contribution >= 0.6 is 47.0 Å². The van der Waals surface area contributed by atoms with Crippen molar-refractivity contribution >= 4 is 57.8 Å². The van der Waals surface area contributed by atoms with Crippen molar-refractivity contribution in [3.05, 3.63) is 21.1 Å². The van der Waals surface area contributed by atoms with Gasteiger partial charge in [0, 0.05) is 6.07 Å². The molecule has 0 saturated heterocycles. The molecule has 0 aromatic heterocycles. The van der Waals surface area contributed by atoms with Crippen molar-refractivity contribution in [1.29, 1.82) is 0 Å². The van der Waals surface area contributed by atoms with E-state index in [1.165, 1.54) is 0 Å². The predicted octanol–water partition coefficient (Wildman–Crippen LogP) is 4.20. The van der Waals surface area contributed by atoms with Crippen LogP contribution < -0.4 is 15.8 Å². The Morgan fingerprint density at radius 2 is 1.83 bits per heavy atom. The molecule has 3 N–H and O–H groups in total. The first-order chi connectivity index (χ1) is 8.11. The van der Waals surface area contributed by atoms with Crippen molar-refractivity contribution < 1.29 is 17.9 Å². The molecular weight excluding hydrogens is 336 g/mol. The van der Waals surface area contributed by atoms with Crippen LogP contribution in [0.5, 0.6) is 5.75 Å². The van der Waals surface area contributed by atoms with Crippen LogP contribution in [0.2, 0.25) is 15.1 Å². The zero-order valence-electron chi connectivity index (χ0n) is 8.24. The third kappa shape index (κ3) is 3.94. The summed E-state index contributed by atoms with van der Waals surface area (Å²) in [5.41, 5.74) is 5.21. The van der Waals surface area contributed by atoms with Gasteiger partial charge in [0.05, 0.1) is 15.7 Å². The lowest BCUT2D eigenvalue weighted by molar-refractivity contribution is -0.274. The fourth-order valence-corrected chi connectivity index (χ4v) is 1.83. The molecule has 0 saturated carbocycles. The average molecular weight is 340 g/mol. The van der Waals surface area contributed by atoms with E-state index in [0.717, 1.165) is 6.07 Å². The highest BCUT2D eigenvalue weighted by atomic mass is 35.5. The summed E-state index contributed by atoms with van der Waals surface area (Å²) in [4.78, 5) is 0. The van der Waals surface area contributed by atoms with Gasteiger partial charge in [0.25, 0.3) is 0 Å². The topological polar surface area (TPSA) is 47.3 Å². The van der Waals surface area contributed by atoms with Crippen molar-refractivity contribution in [3.63, 3.8) is 0 Å². The molecule has 0 spiro atoms. The SMILES string of the molecule is NC(=S)Nc1c(Cl)cc(OC(F)(F)F)c(Cl)c1Cl. The number of thiocarbonyl (C=S) groups is 1. The summed E-state index contributed by atoms with van der Waals surface area (Å²) < 4.78 is 39.9. The Hall–Kier alpha value is -0.630. The Bertz CT molecular complexity index is 495. The van der Waals surface area contributed by atoms with Gasteiger partial charge >= 0.3 is 6.36 Å². The predicted molar refractivity (Wildman–Crippen MR) is 68.6 cm³/mol. The van der Waals surface area contributed by atoms with Crippen LogP contribution in [0, 0.1) is 0 Å². The van der Waals surface area contributed by atoms with Gasteiger partial charge in [-0.15, -0.1) is 13.2 Å². The maximum Gasteiger partial charge on any atom is 0.573 e. The molecule has 0 aliphatic rings. The Morgan fingerprint density at radius 3 is 2.28 bits per heavy atom. The number of nitrogens with one attached hydrogen (secondary N) is 1. The van der Waals surface area contributed by atoms with E-state index >= 15 is 0 Å². The lowest BCUT2D eigenvalue weighted by atomic mass is 10.3. The van der Waals surface area contributed by atoms with Crippen LogP contribution in [0.1, 0.15) is 0 Å². The second-order valence-electron chi connectivity index (χ2n) is 2.90. The summed E-state index contributed by atoms with van der Waals surface area (Å²) in [5, 5.41) is 1.32. The van der Waals surface area contributed by atoms with Crippen LogP contribution in [0.15, 0.2) is 6.07 Å². The first kappa shape index (κ1) is 15.4. The van der Waals surface area contributed by atoms with Crippen LogP contribution in [0.4, 0.5) is 18.9 Å². The van der Waals surface area contributed by atoms with Crippen molar-refractivity contribution in [2.45, 2.75) is 6.36 Å². The van der Waals surface area contributed by atoms with E-state index in [1.807, 2.05) is 0 Å². The highest BCUT2D eigenvalue weighted by Gasteiger charge is 2.33. The molecule has 1 rings (SSSR count). The fourth-order valence-electron chi connectivity index (χ4n) is 1.01. The molecule has 0 bridgehead atoms. The minimum absolute atomic E-state index is 0.00496. The Labute approximate surface area is 120 Å². The number of halogens is 6. The van der Waals surface area contributed by atoms with E-state index in [2.05, 4.69) is 22.3 Å². The second kappa shape index (κ2) is 5.56. The molecule has 0 heterocycles. The van der Waals surface area contributed by atoms with E-state index in [9.17, 15) is 13.2 Å². The summed E-state index contributed by atoms with van der Waals surface area (Å²) in [6.07, 6.45) is -4.91. The molecule has 0 unspecified atom stereocenters. The molecule has 1 aromatic carbocycles. The van der Waals surface area contributed by atoms with Gasteiger partial charge in [-0.3, -0.25) is 0 Å². The van der Waals surface area contributed by atoms with Gasteiger partial charge < -0.3 is 15.8 Å². The van der Waals surface area contributed by atoms with Crippen LogP contribution in [0.3, 0.4) is 0 Å². The third-order valence-electron chi connectivity index (χ3n) is 1.60. The Balaban J connectivity index is 3.24. The van der Waals surface area contributed by atoms with Crippen LogP contribution in [-0.4, -0.2) is 11.5 Å². The second-order valence-corrected chi connectivity index (χ2v) is 4.50. The van der Waals surface area contributed by atoms with Gasteiger partial charge in [-0.2, -0.15) is 0 Å². The monoisotopic (exact) mass is 338 g/mol. The van der Waals surface area contributed by atoms with Crippen molar-refractivity contribution in [2.24, 2.45) is 5.73 Å². The van der Waals surface area contributed by atoms with Crippen molar-refractivity contribution in [3.8, 4) is 5.75 Å². The molecular formula is C8H4Cl3F3N2OS. The largest absolute Gasteiger partial charge is 0.573 e. The van der Waals surface area contributed by atoms with Gasteiger partial charge in [-0.05, 0) is 12.2 Å². The van der Waals surface area contributed by atoms with Gasteiger partial charge in [0.1, 0.15) is 5.02 Å². The van der Waals surface area contributed by atoms with Gasteiger partial charge in [-0.25, -0.2) is 0 Å². The van der Waals surface area contributed by atoms with Gasteiger partial charge in [-0.1, -0.05) is 34.8 Å². The summed E-state index contributed by atoms with van der Waals surface area (Å²) in [6, 6.07) is 0.851. The zero-order chi connectivity index (χ0) is 14.1. The standard InChI is InChI=1S/C8H4Cl3F3N2OS/c9-2-1-3(17-8(12,13)14)4(10)5(11)6(2)16-7(15)18/h1H,(H3,15,16,18). The van der Waals surface area contributed by atoms with E-state index in [-0.39, 0.29) is 20.8 Å². The molecule has 1 aromatic rings. The third-order valence-corrected chi connectivity index (χ3v) is 2.85. The molecule has 3 nitrogen and oxygen atoms in total. The normalized spacial score (nSPS) is 11.2. The maximum atomic E-state index is 12.1. The van der Waals surface area contributed by atoms with Crippen LogP contribution in [-0.2, 0) is 0 Å². The lowest BCUT2D eigenvalue weighted by Gasteiger charge is -2.15. The quantitative estimate of drug-likeness (QED) is 0.626. The number of alkyl halides is 3. The van der Waals surface area contributed by atoms with E-state index in [4.69, 9.17) is 40.5 Å². The minimum atomic E-state index is -4.91. The number of nitrogens with two attached hydrogens (primary N) is 1. The summed E-state index contributed by atoms with van der Waals surface area (Å²) in [5.74, 6) is -0.715. The number of benzene rings is 1. The highest BCUT2D eigenvalue weighted by Crippen LogP contribution is 2.43. The molecule has 0 atom stereocenters. The number of hydrogen-bond donors (Lipinski definition) is 2. The summed E-state index contributed by atoms with van der Waals surface area (Å²) in [7, 11) is 0. The molecule has 18 heavy (non-hydrogen) atoms. The van der Waals surface area contributed by atoms with Gasteiger partial charge in [0.15, 0.2) is 10.9 Å². The number of rotatable bonds is 2. The maximum absolute atomic E-state index is 12.1. The number of ether oxygens (including phenoxy) is 1. The first-order valence-electron chi connectivity index (χ1n) is 4.11. The Kier molecular flexibility index (Phi) is 4.77. The van der Waals surface area contributed by atoms with Gasteiger partial charge in [0.2, 0.25) is 0 Å². The smallest absolute Gasteiger partial charge is 0.404 e. The molecule has 100 valence electrons. The molecule has 0 radical (unpaired) electrons. The van der Waals surface area contributed by atoms with E-state index < -0.39 is 17.1 Å². The van der Waals surface area contributed by atoms with E-state index in [0.29, 0.717) is 0 Å². The number of hydrogen-bond acceptors (Lipinski definition) is 2. The van der Waals surface area contributed by atoms with Crippen molar-refractivity contribution in [1.82, 2.24) is 0 Å².